The Morgan fingerprint density at radius 1 is 0.523 bits per heavy atom. The Morgan fingerprint density at radius 2 is 0.909 bits per heavy atom. The largest absolute Gasteiger partial charge is 0.462 e. The predicted octanol–water partition coefficient (Wildman–Crippen LogP) is 10.8. The highest BCUT2D eigenvalue weighted by Crippen LogP contribution is 2.10. The Balaban J connectivity index is 3.70. The van der Waals surface area contributed by atoms with Gasteiger partial charge < -0.3 is 14.6 Å². The third kappa shape index (κ3) is 32.5. The monoisotopic (exact) mass is 614 g/mol. The molecule has 0 bridgehead atoms. The Bertz CT molecular complexity index is 792. The molecule has 1 unspecified atom stereocenters. The molecule has 0 heterocycles. The van der Waals surface area contributed by atoms with Crippen LogP contribution in [0, 0.1) is 0 Å². The first-order chi connectivity index (χ1) is 21.6. The Kier molecular flexibility index (Phi) is 33.2. The first-order valence-electron chi connectivity index (χ1n) is 17.8. The van der Waals surface area contributed by atoms with Crippen molar-refractivity contribution in [2.45, 2.75) is 161 Å². The molecule has 0 aromatic carbocycles. The second kappa shape index (κ2) is 35.1. The summed E-state index contributed by atoms with van der Waals surface area (Å²) in [6, 6.07) is 0. The van der Waals surface area contributed by atoms with Gasteiger partial charge in [-0.2, -0.15) is 0 Å². The van der Waals surface area contributed by atoms with Crippen LogP contribution in [0.3, 0.4) is 0 Å². The van der Waals surface area contributed by atoms with Gasteiger partial charge in [0.05, 0.1) is 6.61 Å². The SMILES string of the molecule is CCCCCC=CCC=CCC=CCCCCC(=O)OCC(CO)OC(=O)CCCCCCCC=CCC=CCCCCC. The van der Waals surface area contributed by atoms with Gasteiger partial charge in [0.25, 0.3) is 0 Å². The van der Waals surface area contributed by atoms with Gasteiger partial charge in [0.15, 0.2) is 6.10 Å². The first-order valence-corrected chi connectivity index (χ1v) is 17.8. The van der Waals surface area contributed by atoms with Gasteiger partial charge in [-0.15, -0.1) is 0 Å². The van der Waals surface area contributed by atoms with Crippen LogP contribution in [0.4, 0.5) is 0 Å². The van der Waals surface area contributed by atoms with Gasteiger partial charge in [0.2, 0.25) is 0 Å². The number of hydrogen-bond acceptors (Lipinski definition) is 5. The highest BCUT2D eigenvalue weighted by atomic mass is 16.6. The van der Waals surface area contributed by atoms with Crippen molar-refractivity contribution < 1.29 is 24.2 Å². The third-order valence-electron chi connectivity index (χ3n) is 7.28. The molecule has 0 spiro atoms. The van der Waals surface area contributed by atoms with E-state index in [-0.39, 0.29) is 25.2 Å². The first kappa shape index (κ1) is 41.6. The van der Waals surface area contributed by atoms with E-state index in [1.165, 1.54) is 57.8 Å². The Hall–Kier alpha value is -2.40. The number of rotatable bonds is 31. The van der Waals surface area contributed by atoms with E-state index in [0.29, 0.717) is 12.8 Å². The summed E-state index contributed by atoms with van der Waals surface area (Å²) in [5, 5.41) is 9.52. The zero-order chi connectivity index (χ0) is 32.2. The molecule has 0 rings (SSSR count). The summed E-state index contributed by atoms with van der Waals surface area (Å²) in [6.07, 6.45) is 44.1. The van der Waals surface area contributed by atoms with Crippen LogP contribution in [0.2, 0.25) is 0 Å². The van der Waals surface area contributed by atoms with Crippen LogP contribution in [-0.2, 0) is 19.1 Å². The van der Waals surface area contributed by atoms with Crippen molar-refractivity contribution in [1.29, 1.82) is 0 Å². The lowest BCUT2D eigenvalue weighted by atomic mass is 10.1. The summed E-state index contributed by atoms with van der Waals surface area (Å²) in [7, 11) is 0. The molecule has 252 valence electrons. The van der Waals surface area contributed by atoms with Crippen molar-refractivity contribution in [1.82, 2.24) is 0 Å². The minimum Gasteiger partial charge on any atom is -0.462 e. The molecule has 44 heavy (non-hydrogen) atoms. The van der Waals surface area contributed by atoms with E-state index in [1.807, 2.05) is 0 Å². The molecule has 0 aromatic rings. The standard InChI is InChI=1S/C39H66O5/c1-3-5-7-9-11-13-15-17-19-21-23-25-27-29-31-33-38(41)43-36-37(35-40)44-39(42)34-32-30-28-26-24-22-20-18-16-14-12-10-8-6-4-2/h11-14,17-20,23,25,37,40H,3-10,15-16,21-22,24,26-36H2,1-2H3. The lowest BCUT2D eigenvalue weighted by Gasteiger charge is -2.15. The zero-order valence-corrected chi connectivity index (χ0v) is 28.4. The van der Waals surface area contributed by atoms with E-state index in [4.69, 9.17) is 9.47 Å². The summed E-state index contributed by atoms with van der Waals surface area (Å²) in [6.45, 7) is 4.01. The Labute approximate surface area is 271 Å². The van der Waals surface area contributed by atoms with E-state index >= 15 is 0 Å². The highest BCUT2D eigenvalue weighted by molar-refractivity contribution is 5.70. The average molecular weight is 615 g/mol. The maximum atomic E-state index is 12.1. The number of ether oxygens (including phenoxy) is 2. The molecule has 0 fully saturated rings. The molecular formula is C39H66O5. The topological polar surface area (TPSA) is 72.8 Å². The number of aliphatic hydroxyl groups is 1. The van der Waals surface area contributed by atoms with Crippen molar-refractivity contribution in [2.24, 2.45) is 0 Å². The summed E-state index contributed by atoms with van der Waals surface area (Å²) >= 11 is 0. The molecule has 0 radical (unpaired) electrons. The maximum absolute atomic E-state index is 12.1. The molecule has 0 aliphatic carbocycles. The van der Waals surface area contributed by atoms with Crippen molar-refractivity contribution in [3.05, 3.63) is 60.8 Å². The molecular weight excluding hydrogens is 548 g/mol. The number of hydrogen-bond donors (Lipinski definition) is 1. The third-order valence-corrected chi connectivity index (χ3v) is 7.28. The Morgan fingerprint density at radius 3 is 1.41 bits per heavy atom. The lowest BCUT2D eigenvalue weighted by Crippen LogP contribution is -2.28. The van der Waals surface area contributed by atoms with E-state index in [2.05, 4.69) is 74.6 Å². The van der Waals surface area contributed by atoms with Crippen LogP contribution in [0.15, 0.2) is 60.8 Å². The fourth-order valence-corrected chi connectivity index (χ4v) is 4.53. The van der Waals surface area contributed by atoms with E-state index in [1.54, 1.807) is 0 Å². The van der Waals surface area contributed by atoms with E-state index in [9.17, 15) is 14.7 Å². The summed E-state index contributed by atoms with van der Waals surface area (Å²) in [5.74, 6) is -0.658. The van der Waals surface area contributed by atoms with Gasteiger partial charge in [0.1, 0.15) is 6.61 Å². The number of carbonyl (C=O) groups excluding carboxylic acids is 2. The average Bonchev–Trinajstić information content (AvgIpc) is 3.02. The molecule has 0 amide bonds. The minimum absolute atomic E-state index is 0.0938. The van der Waals surface area contributed by atoms with Crippen LogP contribution >= 0.6 is 0 Å². The van der Waals surface area contributed by atoms with Gasteiger partial charge in [-0.25, -0.2) is 0 Å². The van der Waals surface area contributed by atoms with Gasteiger partial charge in [-0.3, -0.25) is 9.59 Å². The fraction of sp³-hybridized carbons (Fsp3) is 0.692. The van der Waals surface area contributed by atoms with E-state index in [0.717, 1.165) is 70.6 Å². The van der Waals surface area contributed by atoms with Gasteiger partial charge in [-0.1, -0.05) is 120 Å². The number of carbonyl (C=O) groups is 2. The number of unbranched alkanes of at least 4 members (excludes halogenated alkanes) is 13. The number of esters is 2. The maximum Gasteiger partial charge on any atom is 0.306 e. The molecule has 0 aliphatic heterocycles. The van der Waals surface area contributed by atoms with Gasteiger partial charge >= 0.3 is 11.9 Å². The molecule has 5 heteroatoms. The molecule has 1 N–H and O–H groups in total. The molecule has 0 aromatic heterocycles. The summed E-state index contributed by atoms with van der Waals surface area (Å²) < 4.78 is 10.5. The highest BCUT2D eigenvalue weighted by Gasteiger charge is 2.16. The predicted molar refractivity (Wildman–Crippen MR) is 187 cm³/mol. The molecule has 5 nitrogen and oxygen atoms in total. The van der Waals surface area contributed by atoms with Crippen molar-refractivity contribution >= 4 is 11.9 Å². The van der Waals surface area contributed by atoms with Crippen LogP contribution in [0.25, 0.3) is 0 Å². The van der Waals surface area contributed by atoms with Crippen molar-refractivity contribution in [3.8, 4) is 0 Å². The van der Waals surface area contributed by atoms with E-state index < -0.39 is 6.10 Å². The second-order valence-corrected chi connectivity index (χ2v) is 11.6. The van der Waals surface area contributed by atoms with Crippen LogP contribution < -0.4 is 0 Å². The minimum atomic E-state index is -0.794. The van der Waals surface area contributed by atoms with Crippen molar-refractivity contribution in [3.63, 3.8) is 0 Å². The van der Waals surface area contributed by atoms with Crippen LogP contribution in [0.1, 0.15) is 155 Å². The fourth-order valence-electron chi connectivity index (χ4n) is 4.53. The van der Waals surface area contributed by atoms with Crippen LogP contribution in [-0.4, -0.2) is 36.4 Å². The molecule has 0 saturated heterocycles. The lowest BCUT2D eigenvalue weighted by molar-refractivity contribution is -0.161. The van der Waals surface area contributed by atoms with Crippen LogP contribution in [0.5, 0.6) is 0 Å². The normalized spacial score (nSPS) is 12.9. The number of allylic oxidation sites excluding steroid dienone is 10. The second-order valence-electron chi connectivity index (χ2n) is 11.6. The summed E-state index contributed by atoms with van der Waals surface area (Å²) in [4.78, 5) is 24.1. The zero-order valence-electron chi connectivity index (χ0n) is 28.4. The number of aliphatic hydroxyl groups excluding tert-OH is 1. The molecule has 1 atom stereocenters. The van der Waals surface area contributed by atoms with Crippen molar-refractivity contribution in [2.75, 3.05) is 13.2 Å². The van der Waals surface area contributed by atoms with Gasteiger partial charge in [0, 0.05) is 12.8 Å². The molecule has 0 saturated carbocycles. The quantitative estimate of drug-likeness (QED) is 0.0478. The smallest absolute Gasteiger partial charge is 0.306 e. The summed E-state index contributed by atoms with van der Waals surface area (Å²) in [5.41, 5.74) is 0. The molecule has 0 aliphatic rings. The van der Waals surface area contributed by atoms with Gasteiger partial charge in [-0.05, 0) is 83.5 Å².